The Hall–Kier alpha value is -1.76. The van der Waals surface area contributed by atoms with Gasteiger partial charge in [-0.3, -0.25) is 4.99 Å². The Balaban J connectivity index is 1.95. The van der Waals surface area contributed by atoms with Gasteiger partial charge in [0, 0.05) is 10.0 Å². The molecule has 0 aliphatic heterocycles. The maximum atomic E-state index is 12.2. The minimum Gasteiger partial charge on any atom is -0.370 e. The van der Waals surface area contributed by atoms with Gasteiger partial charge in [0.2, 0.25) is 0 Å². The molecule has 134 valence electrons. The topological polar surface area (TPSA) is 84.5 Å². The molecule has 2 aromatic carbocycles. The number of hydrogen-bond acceptors (Lipinski definition) is 3. The Morgan fingerprint density at radius 2 is 1.88 bits per heavy atom. The van der Waals surface area contributed by atoms with Gasteiger partial charge in [-0.1, -0.05) is 47.5 Å². The van der Waals surface area contributed by atoms with Crippen molar-refractivity contribution in [3.05, 3.63) is 64.1 Å². The van der Waals surface area contributed by atoms with E-state index in [1.807, 2.05) is 6.92 Å². The number of nitrogens with two attached hydrogens (primary N) is 1. The Morgan fingerprint density at radius 3 is 2.52 bits per heavy atom. The lowest BCUT2D eigenvalue weighted by Crippen LogP contribution is -2.34. The number of sulfone groups is 1. The molecule has 2 aromatic rings. The average molecular weight is 400 g/mol. The summed E-state index contributed by atoms with van der Waals surface area (Å²) >= 11 is 12.0. The number of hydrogen-bond donors (Lipinski definition) is 2. The SMILES string of the molecule is CC(NC(N)=NCCS(=O)(=O)c1ccccc1)c1ccc(Cl)cc1Cl. The third-order valence-electron chi connectivity index (χ3n) is 3.54. The summed E-state index contributed by atoms with van der Waals surface area (Å²) in [5, 5.41) is 4.06. The van der Waals surface area contributed by atoms with Crippen LogP contribution in [-0.4, -0.2) is 26.7 Å². The summed E-state index contributed by atoms with van der Waals surface area (Å²) in [6, 6.07) is 13.2. The van der Waals surface area contributed by atoms with E-state index in [2.05, 4.69) is 10.3 Å². The molecule has 0 radical (unpaired) electrons. The number of guanidine groups is 1. The summed E-state index contributed by atoms with van der Waals surface area (Å²) in [5.41, 5.74) is 6.66. The van der Waals surface area contributed by atoms with E-state index in [1.165, 1.54) is 0 Å². The molecular formula is C17H19Cl2N3O2S. The van der Waals surface area contributed by atoms with Crippen molar-refractivity contribution in [1.29, 1.82) is 0 Å². The second-order valence-corrected chi connectivity index (χ2v) is 8.38. The highest BCUT2D eigenvalue weighted by molar-refractivity contribution is 7.91. The van der Waals surface area contributed by atoms with Crippen LogP contribution in [0.5, 0.6) is 0 Å². The zero-order valence-electron chi connectivity index (χ0n) is 13.6. The van der Waals surface area contributed by atoms with Crippen LogP contribution in [0.4, 0.5) is 0 Å². The van der Waals surface area contributed by atoms with Gasteiger partial charge >= 0.3 is 0 Å². The third-order valence-corrected chi connectivity index (χ3v) is 5.81. The van der Waals surface area contributed by atoms with Gasteiger partial charge in [-0.2, -0.15) is 0 Å². The fourth-order valence-corrected chi connectivity index (χ4v) is 3.94. The van der Waals surface area contributed by atoms with E-state index in [0.717, 1.165) is 5.56 Å². The van der Waals surface area contributed by atoms with Crippen molar-refractivity contribution in [2.75, 3.05) is 12.3 Å². The predicted molar refractivity (Wildman–Crippen MR) is 103 cm³/mol. The van der Waals surface area contributed by atoms with Gasteiger partial charge < -0.3 is 11.1 Å². The molecule has 0 amide bonds. The van der Waals surface area contributed by atoms with E-state index >= 15 is 0 Å². The van der Waals surface area contributed by atoms with Crippen LogP contribution in [0.15, 0.2) is 58.4 Å². The number of benzene rings is 2. The molecule has 1 unspecified atom stereocenters. The predicted octanol–water partition coefficient (Wildman–Crippen LogP) is 3.43. The minimum atomic E-state index is -3.37. The number of rotatable bonds is 6. The summed E-state index contributed by atoms with van der Waals surface area (Å²) in [7, 11) is -3.37. The molecule has 2 rings (SSSR count). The zero-order chi connectivity index (χ0) is 18.4. The number of nitrogens with one attached hydrogen (secondary N) is 1. The molecule has 1 atom stereocenters. The molecule has 0 aromatic heterocycles. The third kappa shape index (κ3) is 5.63. The van der Waals surface area contributed by atoms with Crippen molar-refractivity contribution in [3.8, 4) is 0 Å². The minimum absolute atomic E-state index is 0.0666. The van der Waals surface area contributed by atoms with Gasteiger partial charge in [-0.15, -0.1) is 0 Å². The smallest absolute Gasteiger partial charge is 0.189 e. The van der Waals surface area contributed by atoms with Crippen molar-refractivity contribution >= 4 is 39.0 Å². The summed E-state index contributed by atoms with van der Waals surface area (Å²) in [4.78, 5) is 4.36. The molecule has 3 N–H and O–H groups in total. The van der Waals surface area contributed by atoms with Gasteiger partial charge in [0.25, 0.3) is 0 Å². The van der Waals surface area contributed by atoms with Crippen LogP contribution in [0, 0.1) is 0 Å². The van der Waals surface area contributed by atoms with Gasteiger partial charge in [-0.05, 0) is 36.8 Å². The normalized spacial score (nSPS) is 13.5. The Labute approximate surface area is 157 Å². The van der Waals surface area contributed by atoms with E-state index in [-0.39, 0.29) is 29.2 Å². The molecule has 25 heavy (non-hydrogen) atoms. The molecule has 0 aliphatic rings. The van der Waals surface area contributed by atoms with E-state index in [1.54, 1.807) is 48.5 Å². The van der Waals surface area contributed by atoms with Crippen LogP contribution in [-0.2, 0) is 9.84 Å². The standard InChI is InChI=1S/C17H19Cl2N3O2S/c1-12(15-8-7-13(18)11-16(15)19)22-17(20)21-9-10-25(23,24)14-5-3-2-4-6-14/h2-8,11-12H,9-10H2,1H3,(H3,20,21,22). The van der Waals surface area contributed by atoms with Crippen LogP contribution in [0.1, 0.15) is 18.5 Å². The van der Waals surface area contributed by atoms with Crippen molar-refractivity contribution in [2.24, 2.45) is 10.7 Å². The lowest BCUT2D eigenvalue weighted by atomic mass is 10.1. The van der Waals surface area contributed by atoms with Crippen molar-refractivity contribution < 1.29 is 8.42 Å². The summed E-state index contributed by atoms with van der Waals surface area (Å²) in [6.07, 6.45) is 0. The average Bonchev–Trinajstić information content (AvgIpc) is 2.55. The zero-order valence-corrected chi connectivity index (χ0v) is 15.9. The number of halogens is 2. The second kappa shape index (κ2) is 8.56. The van der Waals surface area contributed by atoms with Crippen molar-refractivity contribution in [1.82, 2.24) is 5.32 Å². The molecule has 0 saturated heterocycles. The fourth-order valence-electron chi connectivity index (χ4n) is 2.23. The molecule has 8 heteroatoms. The van der Waals surface area contributed by atoms with Gasteiger partial charge in [0.15, 0.2) is 15.8 Å². The summed E-state index contributed by atoms with van der Waals surface area (Å²) in [5.74, 6) is 0.0388. The van der Waals surface area contributed by atoms with Crippen LogP contribution in [0.25, 0.3) is 0 Å². The molecule has 5 nitrogen and oxygen atoms in total. The first-order valence-corrected chi connectivity index (χ1v) is 9.99. The molecule has 0 aliphatic carbocycles. The second-order valence-electron chi connectivity index (χ2n) is 5.43. The Morgan fingerprint density at radius 1 is 1.20 bits per heavy atom. The Kier molecular flexibility index (Phi) is 6.70. The van der Waals surface area contributed by atoms with Crippen LogP contribution < -0.4 is 11.1 Å². The lowest BCUT2D eigenvalue weighted by molar-refractivity contribution is 0.596. The van der Waals surface area contributed by atoms with Gasteiger partial charge in [-0.25, -0.2) is 8.42 Å². The van der Waals surface area contributed by atoms with E-state index < -0.39 is 9.84 Å². The lowest BCUT2D eigenvalue weighted by Gasteiger charge is -2.16. The number of aliphatic imine (C=N–C) groups is 1. The number of nitrogens with zero attached hydrogens (tertiary/aromatic N) is 1. The first kappa shape index (κ1) is 19.6. The van der Waals surface area contributed by atoms with Crippen molar-refractivity contribution in [2.45, 2.75) is 17.9 Å². The first-order chi connectivity index (χ1) is 11.8. The van der Waals surface area contributed by atoms with Gasteiger partial charge in [0.05, 0.1) is 23.2 Å². The highest BCUT2D eigenvalue weighted by Gasteiger charge is 2.14. The molecule has 0 spiro atoms. The van der Waals surface area contributed by atoms with Crippen LogP contribution in [0.3, 0.4) is 0 Å². The Bertz CT molecular complexity index is 855. The van der Waals surface area contributed by atoms with Crippen LogP contribution >= 0.6 is 23.2 Å². The van der Waals surface area contributed by atoms with Crippen LogP contribution in [0.2, 0.25) is 10.0 Å². The largest absolute Gasteiger partial charge is 0.370 e. The monoisotopic (exact) mass is 399 g/mol. The molecule has 0 bridgehead atoms. The van der Waals surface area contributed by atoms with E-state index in [0.29, 0.717) is 10.0 Å². The van der Waals surface area contributed by atoms with E-state index in [4.69, 9.17) is 28.9 Å². The quantitative estimate of drug-likeness (QED) is 0.575. The highest BCUT2D eigenvalue weighted by atomic mass is 35.5. The van der Waals surface area contributed by atoms with Crippen molar-refractivity contribution in [3.63, 3.8) is 0 Å². The van der Waals surface area contributed by atoms with E-state index in [9.17, 15) is 8.42 Å². The maximum absolute atomic E-state index is 12.2. The summed E-state index contributed by atoms with van der Waals surface area (Å²) < 4.78 is 24.3. The fraction of sp³-hybridized carbons (Fsp3) is 0.235. The molecule has 0 heterocycles. The van der Waals surface area contributed by atoms with Gasteiger partial charge in [0.1, 0.15) is 0 Å². The maximum Gasteiger partial charge on any atom is 0.189 e. The molecule has 0 saturated carbocycles. The first-order valence-electron chi connectivity index (χ1n) is 7.59. The highest BCUT2D eigenvalue weighted by Crippen LogP contribution is 2.25. The molecular weight excluding hydrogens is 381 g/mol. The summed E-state index contributed by atoms with van der Waals surface area (Å²) in [6.45, 7) is 1.94. The molecule has 0 fully saturated rings.